The maximum atomic E-state index is 10.6. The molecule has 0 aromatic rings. The molecule has 2 N–H and O–H groups in total. The first-order chi connectivity index (χ1) is 5.93. The van der Waals surface area contributed by atoms with Crippen molar-refractivity contribution in [1.29, 1.82) is 0 Å². The molecule has 1 unspecified atom stereocenters. The molecule has 1 atom stereocenters. The van der Waals surface area contributed by atoms with E-state index in [1.807, 2.05) is 19.0 Å². The highest BCUT2D eigenvalue weighted by Gasteiger charge is 2.20. The molecule has 0 bridgehead atoms. The molecule has 0 aliphatic carbocycles. The Hall–Kier alpha value is -1.10. The number of rotatable bonds is 6. The summed E-state index contributed by atoms with van der Waals surface area (Å²) in [5, 5.41) is 17.1. The SMILES string of the molecule is CN(C)CCC(CC(=O)O)C(=O)O. The van der Waals surface area contributed by atoms with Crippen molar-refractivity contribution in [1.82, 2.24) is 4.90 Å². The number of aliphatic carboxylic acids is 2. The Kier molecular flexibility index (Phi) is 5.06. The van der Waals surface area contributed by atoms with E-state index in [1.54, 1.807) is 0 Å². The number of carbonyl (C=O) groups is 2. The second-order valence-corrected chi connectivity index (χ2v) is 3.22. The number of carboxylic acid groups (broad SMARTS) is 2. The minimum absolute atomic E-state index is 0.302. The van der Waals surface area contributed by atoms with Crippen LogP contribution in [0.4, 0.5) is 0 Å². The quantitative estimate of drug-likeness (QED) is 0.620. The lowest BCUT2D eigenvalue weighted by Crippen LogP contribution is -2.23. The van der Waals surface area contributed by atoms with Crippen LogP contribution in [0.1, 0.15) is 12.8 Å². The second-order valence-electron chi connectivity index (χ2n) is 3.22. The van der Waals surface area contributed by atoms with Crippen LogP contribution in [-0.2, 0) is 9.59 Å². The molecule has 0 spiro atoms. The third kappa shape index (κ3) is 6.10. The van der Waals surface area contributed by atoms with Crippen molar-refractivity contribution in [2.75, 3.05) is 20.6 Å². The molecule has 0 saturated heterocycles. The molecule has 0 radical (unpaired) electrons. The second kappa shape index (κ2) is 5.53. The van der Waals surface area contributed by atoms with Gasteiger partial charge >= 0.3 is 11.9 Å². The van der Waals surface area contributed by atoms with E-state index in [9.17, 15) is 9.59 Å². The molecule has 0 aromatic carbocycles. The lowest BCUT2D eigenvalue weighted by atomic mass is 10.0. The van der Waals surface area contributed by atoms with Gasteiger partial charge in [0.1, 0.15) is 0 Å². The van der Waals surface area contributed by atoms with Crippen molar-refractivity contribution < 1.29 is 19.8 Å². The first-order valence-electron chi connectivity index (χ1n) is 4.02. The van der Waals surface area contributed by atoms with Gasteiger partial charge in [-0.2, -0.15) is 0 Å². The van der Waals surface area contributed by atoms with Crippen LogP contribution < -0.4 is 0 Å². The molecule has 76 valence electrons. The van der Waals surface area contributed by atoms with Gasteiger partial charge in [0.15, 0.2) is 0 Å². The fourth-order valence-electron chi connectivity index (χ4n) is 0.938. The van der Waals surface area contributed by atoms with Gasteiger partial charge in [-0.15, -0.1) is 0 Å². The molecule has 0 aliphatic rings. The topological polar surface area (TPSA) is 77.8 Å². The van der Waals surface area contributed by atoms with Crippen LogP contribution in [0.15, 0.2) is 0 Å². The molecule has 5 nitrogen and oxygen atoms in total. The monoisotopic (exact) mass is 189 g/mol. The molecule has 5 heteroatoms. The Balaban J connectivity index is 3.95. The van der Waals surface area contributed by atoms with Gasteiger partial charge in [0, 0.05) is 0 Å². The summed E-state index contributed by atoms with van der Waals surface area (Å²) < 4.78 is 0. The molecular weight excluding hydrogens is 174 g/mol. The number of hydrogen-bond acceptors (Lipinski definition) is 3. The van der Waals surface area contributed by atoms with E-state index < -0.39 is 17.9 Å². The van der Waals surface area contributed by atoms with Gasteiger partial charge in [-0.1, -0.05) is 0 Å². The Morgan fingerprint density at radius 3 is 2.15 bits per heavy atom. The molecular formula is C8H15NO4. The van der Waals surface area contributed by atoms with Crippen molar-refractivity contribution in [3.8, 4) is 0 Å². The first-order valence-corrected chi connectivity index (χ1v) is 4.02. The van der Waals surface area contributed by atoms with Crippen LogP contribution in [0.2, 0.25) is 0 Å². The van der Waals surface area contributed by atoms with Crippen molar-refractivity contribution in [2.24, 2.45) is 5.92 Å². The third-order valence-corrected chi connectivity index (χ3v) is 1.70. The molecule has 0 fully saturated rings. The fourth-order valence-corrected chi connectivity index (χ4v) is 0.938. The van der Waals surface area contributed by atoms with Gasteiger partial charge in [-0.05, 0) is 27.1 Å². The van der Waals surface area contributed by atoms with E-state index in [-0.39, 0.29) is 6.42 Å². The number of carboxylic acids is 2. The molecule has 0 rings (SSSR count). The van der Waals surface area contributed by atoms with Gasteiger partial charge in [0.2, 0.25) is 0 Å². The van der Waals surface area contributed by atoms with Crippen LogP contribution in [0.25, 0.3) is 0 Å². The van der Waals surface area contributed by atoms with E-state index in [1.165, 1.54) is 0 Å². The van der Waals surface area contributed by atoms with Gasteiger partial charge in [0.05, 0.1) is 12.3 Å². The van der Waals surface area contributed by atoms with Crippen LogP contribution in [0.5, 0.6) is 0 Å². The van der Waals surface area contributed by atoms with Crippen LogP contribution >= 0.6 is 0 Å². The molecule has 0 amide bonds. The minimum Gasteiger partial charge on any atom is -0.481 e. The zero-order valence-corrected chi connectivity index (χ0v) is 7.86. The summed E-state index contributed by atoms with van der Waals surface area (Å²) in [7, 11) is 3.64. The lowest BCUT2D eigenvalue weighted by molar-refractivity contribution is -0.148. The van der Waals surface area contributed by atoms with Crippen molar-refractivity contribution in [3.63, 3.8) is 0 Å². The summed E-state index contributed by atoms with van der Waals surface area (Å²) >= 11 is 0. The maximum absolute atomic E-state index is 10.6. The lowest BCUT2D eigenvalue weighted by Gasteiger charge is -2.13. The molecule has 0 aliphatic heterocycles. The third-order valence-electron chi connectivity index (χ3n) is 1.70. The van der Waals surface area contributed by atoms with Crippen LogP contribution in [-0.4, -0.2) is 47.7 Å². The maximum Gasteiger partial charge on any atom is 0.307 e. The highest BCUT2D eigenvalue weighted by Crippen LogP contribution is 2.09. The Morgan fingerprint density at radius 1 is 1.31 bits per heavy atom. The number of hydrogen-bond donors (Lipinski definition) is 2. The molecule has 0 aromatic heterocycles. The molecule has 0 heterocycles. The average molecular weight is 189 g/mol. The highest BCUT2D eigenvalue weighted by molar-refractivity contribution is 5.77. The number of nitrogens with zero attached hydrogens (tertiary/aromatic N) is 1. The summed E-state index contributed by atoms with van der Waals surface area (Å²) in [4.78, 5) is 22.7. The van der Waals surface area contributed by atoms with E-state index in [0.29, 0.717) is 13.0 Å². The first kappa shape index (κ1) is 11.9. The highest BCUT2D eigenvalue weighted by atomic mass is 16.4. The summed E-state index contributed by atoms with van der Waals surface area (Å²) in [6, 6.07) is 0. The Bertz CT molecular complexity index is 191. The Morgan fingerprint density at radius 2 is 1.85 bits per heavy atom. The van der Waals surface area contributed by atoms with E-state index in [4.69, 9.17) is 10.2 Å². The summed E-state index contributed by atoms with van der Waals surface area (Å²) in [5.41, 5.74) is 0. The smallest absolute Gasteiger partial charge is 0.307 e. The van der Waals surface area contributed by atoms with E-state index >= 15 is 0 Å². The normalized spacial score (nSPS) is 12.8. The Labute approximate surface area is 77.0 Å². The van der Waals surface area contributed by atoms with Crippen LogP contribution in [0, 0.1) is 5.92 Å². The zero-order chi connectivity index (χ0) is 10.4. The zero-order valence-electron chi connectivity index (χ0n) is 7.86. The standard InChI is InChI=1S/C8H15NO4/c1-9(2)4-3-6(8(12)13)5-7(10)11/h6H,3-5H2,1-2H3,(H,10,11)(H,12,13). The minimum atomic E-state index is -1.06. The van der Waals surface area contributed by atoms with E-state index in [0.717, 1.165) is 0 Å². The van der Waals surface area contributed by atoms with Gasteiger partial charge in [-0.3, -0.25) is 9.59 Å². The molecule has 13 heavy (non-hydrogen) atoms. The van der Waals surface area contributed by atoms with Gasteiger partial charge in [-0.25, -0.2) is 0 Å². The van der Waals surface area contributed by atoms with Gasteiger partial charge < -0.3 is 15.1 Å². The summed E-state index contributed by atoms with van der Waals surface area (Å²) in [6.07, 6.45) is 0.0673. The van der Waals surface area contributed by atoms with Crippen LogP contribution in [0.3, 0.4) is 0 Å². The van der Waals surface area contributed by atoms with Gasteiger partial charge in [0.25, 0.3) is 0 Å². The van der Waals surface area contributed by atoms with Crippen molar-refractivity contribution in [2.45, 2.75) is 12.8 Å². The molecule has 0 saturated carbocycles. The predicted octanol–water partition coefficient (Wildman–Crippen LogP) is 0.114. The predicted molar refractivity (Wildman–Crippen MR) is 46.5 cm³/mol. The fraction of sp³-hybridized carbons (Fsp3) is 0.750. The van der Waals surface area contributed by atoms with E-state index in [2.05, 4.69) is 0 Å². The van der Waals surface area contributed by atoms with Crippen molar-refractivity contribution in [3.05, 3.63) is 0 Å². The largest absolute Gasteiger partial charge is 0.481 e. The summed E-state index contributed by atoms with van der Waals surface area (Å²) in [5.74, 6) is -2.88. The average Bonchev–Trinajstić information content (AvgIpc) is 1.96. The van der Waals surface area contributed by atoms with Crippen molar-refractivity contribution >= 4 is 11.9 Å². The summed E-state index contributed by atoms with van der Waals surface area (Å²) in [6.45, 7) is 0.588.